The highest BCUT2D eigenvalue weighted by Gasteiger charge is 2.30. The van der Waals surface area contributed by atoms with E-state index in [1.54, 1.807) is 32.1 Å². The average Bonchev–Trinajstić information content (AvgIpc) is 3.05. The van der Waals surface area contributed by atoms with E-state index in [4.69, 9.17) is 0 Å². The molecule has 3 rings (SSSR count). The monoisotopic (exact) mass is 385 g/mol. The fourth-order valence-corrected chi connectivity index (χ4v) is 5.01. The van der Waals surface area contributed by atoms with Gasteiger partial charge in [-0.3, -0.25) is 9.59 Å². The summed E-state index contributed by atoms with van der Waals surface area (Å²) in [6, 6.07) is 4.03. The van der Waals surface area contributed by atoms with E-state index in [0.717, 1.165) is 40.8 Å². The molecule has 0 unspecified atom stereocenters. The second-order valence-electron chi connectivity index (χ2n) is 7.61. The third-order valence-corrected chi connectivity index (χ3v) is 6.42. The maximum atomic E-state index is 12.7. The molecule has 1 saturated carbocycles. The molecule has 0 bridgehead atoms. The van der Waals surface area contributed by atoms with Gasteiger partial charge in [0.2, 0.25) is 5.91 Å². The second-order valence-corrected chi connectivity index (χ2v) is 8.61. The Balaban J connectivity index is 1.77. The van der Waals surface area contributed by atoms with Crippen molar-refractivity contribution in [3.63, 3.8) is 0 Å². The van der Waals surface area contributed by atoms with Crippen LogP contribution in [0.15, 0.2) is 30.5 Å². The maximum Gasteiger partial charge on any atom is 0.263 e. The number of rotatable bonds is 5. The fraction of sp³-hybridized carbons (Fsp3) is 0.476. The van der Waals surface area contributed by atoms with Crippen molar-refractivity contribution in [1.82, 2.24) is 15.2 Å². The van der Waals surface area contributed by atoms with Crippen LogP contribution in [-0.4, -0.2) is 42.3 Å². The summed E-state index contributed by atoms with van der Waals surface area (Å²) in [4.78, 5) is 32.3. The second kappa shape index (κ2) is 8.21. The summed E-state index contributed by atoms with van der Waals surface area (Å²) in [5.41, 5.74) is 1.72. The molecule has 2 heterocycles. The predicted molar refractivity (Wildman–Crippen MR) is 110 cm³/mol. The Morgan fingerprint density at radius 1 is 1.30 bits per heavy atom. The van der Waals surface area contributed by atoms with E-state index in [-0.39, 0.29) is 11.8 Å². The van der Waals surface area contributed by atoms with Crippen LogP contribution in [0.25, 0.3) is 10.2 Å². The Morgan fingerprint density at radius 3 is 2.63 bits per heavy atom. The van der Waals surface area contributed by atoms with Crippen LogP contribution in [0.1, 0.15) is 53.8 Å². The molecule has 1 N–H and O–H groups in total. The van der Waals surface area contributed by atoms with Gasteiger partial charge in [0.05, 0.1) is 4.88 Å². The number of carbonyl (C=O) groups is 2. The molecule has 2 aromatic rings. The van der Waals surface area contributed by atoms with Gasteiger partial charge in [-0.15, -0.1) is 11.3 Å². The standard InChI is InChI=1S/C21H27N3O2S/c1-13(2)19(25)23-12-14-7-9-15(10-8-14)17-16-6-5-11-22-20(16)27-18(17)21(26)24(3)4/h5-6,11,14-15H,1,7-10,12H2,2-4H3,(H,23,25). The van der Waals surface area contributed by atoms with E-state index in [0.29, 0.717) is 24.0 Å². The number of hydrogen-bond donors (Lipinski definition) is 1. The molecule has 1 aliphatic carbocycles. The van der Waals surface area contributed by atoms with E-state index in [1.807, 2.05) is 6.07 Å². The van der Waals surface area contributed by atoms with Gasteiger partial charge < -0.3 is 10.2 Å². The van der Waals surface area contributed by atoms with Crippen LogP contribution in [0.3, 0.4) is 0 Å². The van der Waals surface area contributed by atoms with Gasteiger partial charge in [-0.05, 0) is 56.1 Å². The molecule has 0 spiro atoms. The van der Waals surface area contributed by atoms with Crippen molar-refractivity contribution in [2.24, 2.45) is 5.92 Å². The quantitative estimate of drug-likeness (QED) is 0.793. The molecule has 1 aliphatic rings. The molecule has 0 aromatic carbocycles. The molecule has 0 atom stereocenters. The van der Waals surface area contributed by atoms with Crippen molar-refractivity contribution in [2.45, 2.75) is 38.5 Å². The van der Waals surface area contributed by atoms with Crippen molar-refractivity contribution in [1.29, 1.82) is 0 Å². The highest BCUT2D eigenvalue weighted by atomic mass is 32.1. The molecule has 1 fully saturated rings. The van der Waals surface area contributed by atoms with Gasteiger partial charge in [-0.25, -0.2) is 4.98 Å². The maximum absolute atomic E-state index is 12.7. The van der Waals surface area contributed by atoms with E-state index >= 15 is 0 Å². The molecular weight excluding hydrogens is 358 g/mol. The summed E-state index contributed by atoms with van der Waals surface area (Å²) in [7, 11) is 3.59. The number of fused-ring (bicyclic) bond motifs is 1. The van der Waals surface area contributed by atoms with Crippen LogP contribution in [0.2, 0.25) is 0 Å². The van der Waals surface area contributed by atoms with Gasteiger partial charge in [0, 0.05) is 37.8 Å². The Kier molecular flexibility index (Phi) is 5.95. The Hall–Kier alpha value is -2.21. The number of nitrogens with one attached hydrogen (secondary N) is 1. The molecule has 0 aliphatic heterocycles. The van der Waals surface area contributed by atoms with Crippen molar-refractivity contribution < 1.29 is 9.59 Å². The Morgan fingerprint density at radius 2 is 2.00 bits per heavy atom. The Labute approximate surface area is 164 Å². The number of carbonyl (C=O) groups excluding carboxylic acids is 2. The van der Waals surface area contributed by atoms with E-state index in [9.17, 15) is 9.59 Å². The summed E-state index contributed by atoms with van der Waals surface area (Å²) in [6.45, 7) is 6.11. The zero-order valence-electron chi connectivity index (χ0n) is 16.2. The molecular formula is C21H27N3O2S. The van der Waals surface area contributed by atoms with Gasteiger partial charge in [0.15, 0.2) is 0 Å². The van der Waals surface area contributed by atoms with Crippen LogP contribution in [0, 0.1) is 5.92 Å². The first-order chi connectivity index (χ1) is 12.9. The molecule has 5 nitrogen and oxygen atoms in total. The lowest BCUT2D eigenvalue weighted by molar-refractivity contribution is -0.117. The van der Waals surface area contributed by atoms with Gasteiger partial charge >= 0.3 is 0 Å². The van der Waals surface area contributed by atoms with Crippen LogP contribution in [-0.2, 0) is 4.79 Å². The largest absolute Gasteiger partial charge is 0.352 e. The molecule has 0 saturated heterocycles. The highest BCUT2D eigenvalue weighted by Crippen LogP contribution is 2.43. The van der Waals surface area contributed by atoms with Gasteiger partial charge in [0.25, 0.3) is 5.91 Å². The van der Waals surface area contributed by atoms with Gasteiger partial charge in [-0.2, -0.15) is 0 Å². The third kappa shape index (κ3) is 4.21. The summed E-state index contributed by atoms with van der Waals surface area (Å²) in [5.74, 6) is 0.852. The van der Waals surface area contributed by atoms with Gasteiger partial charge in [0.1, 0.15) is 4.83 Å². The third-order valence-electron chi connectivity index (χ3n) is 5.30. The lowest BCUT2D eigenvalue weighted by atomic mass is 9.78. The van der Waals surface area contributed by atoms with Crippen LogP contribution in [0.4, 0.5) is 0 Å². The van der Waals surface area contributed by atoms with Crippen LogP contribution >= 0.6 is 11.3 Å². The van der Waals surface area contributed by atoms with Crippen LogP contribution in [0.5, 0.6) is 0 Å². The Bertz CT molecular complexity index is 863. The molecule has 27 heavy (non-hydrogen) atoms. The van der Waals surface area contributed by atoms with Crippen molar-refractivity contribution >= 4 is 33.4 Å². The zero-order chi connectivity index (χ0) is 19.6. The predicted octanol–water partition coefficient (Wildman–Crippen LogP) is 3.96. The zero-order valence-corrected chi connectivity index (χ0v) is 17.1. The highest BCUT2D eigenvalue weighted by molar-refractivity contribution is 7.20. The molecule has 2 amide bonds. The van der Waals surface area contributed by atoms with Crippen molar-refractivity contribution in [2.75, 3.05) is 20.6 Å². The summed E-state index contributed by atoms with van der Waals surface area (Å²) < 4.78 is 0. The van der Waals surface area contributed by atoms with Crippen LogP contribution < -0.4 is 5.32 Å². The lowest BCUT2D eigenvalue weighted by Crippen LogP contribution is -2.31. The number of pyridine rings is 1. The molecule has 144 valence electrons. The summed E-state index contributed by atoms with van der Waals surface area (Å²) >= 11 is 1.50. The smallest absolute Gasteiger partial charge is 0.263 e. The molecule has 0 radical (unpaired) electrons. The summed E-state index contributed by atoms with van der Waals surface area (Å²) in [6.07, 6.45) is 5.94. The summed E-state index contributed by atoms with van der Waals surface area (Å²) in [5, 5.41) is 4.09. The number of nitrogens with zero attached hydrogens (tertiary/aromatic N) is 2. The first-order valence-corrected chi connectivity index (χ1v) is 10.2. The van der Waals surface area contributed by atoms with Crippen molar-refractivity contribution in [3.05, 3.63) is 40.9 Å². The normalized spacial score (nSPS) is 19.7. The van der Waals surface area contributed by atoms with E-state index < -0.39 is 0 Å². The van der Waals surface area contributed by atoms with Crippen molar-refractivity contribution in [3.8, 4) is 0 Å². The average molecular weight is 386 g/mol. The molecule has 6 heteroatoms. The fourth-order valence-electron chi connectivity index (χ4n) is 3.76. The first kappa shape index (κ1) is 19.5. The minimum absolute atomic E-state index is 0.0591. The minimum atomic E-state index is -0.0640. The minimum Gasteiger partial charge on any atom is -0.352 e. The van der Waals surface area contributed by atoms with Gasteiger partial charge in [-0.1, -0.05) is 12.6 Å². The number of amides is 2. The number of aromatic nitrogens is 1. The van der Waals surface area contributed by atoms with E-state index in [1.165, 1.54) is 16.9 Å². The lowest BCUT2D eigenvalue weighted by Gasteiger charge is -2.29. The number of thiophene rings is 1. The topological polar surface area (TPSA) is 62.3 Å². The number of hydrogen-bond acceptors (Lipinski definition) is 4. The van der Waals surface area contributed by atoms with E-state index in [2.05, 4.69) is 22.9 Å². The SMILES string of the molecule is C=C(C)C(=O)NCC1CCC(c2c(C(=O)N(C)C)sc3ncccc23)CC1. The first-order valence-electron chi connectivity index (χ1n) is 9.41. The molecule has 2 aromatic heterocycles.